The molecule has 1 aliphatic rings. The van der Waals surface area contributed by atoms with Gasteiger partial charge in [0, 0.05) is 31.6 Å². The fourth-order valence-corrected chi connectivity index (χ4v) is 3.64. The fourth-order valence-electron chi connectivity index (χ4n) is 3.51. The van der Waals surface area contributed by atoms with E-state index in [2.05, 4.69) is 37.6 Å². The summed E-state index contributed by atoms with van der Waals surface area (Å²) in [5.41, 5.74) is 0.947. The molecule has 1 fully saturated rings. The molecule has 146 valence electrons. The van der Waals surface area contributed by atoms with Crippen LogP contribution in [0.3, 0.4) is 0 Å². The Kier molecular flexibility index (Phi) is 6.52. The Bertz CT molecular complexity index is 789. The molecule has 1 aromatic carbocycles. The maximum atomic E-state index is 12.0. The normalized spacial score (nSPS) is 20.9. The average Bonchev–Trinajstić information content (AvgIpc) is 2.68. The Hall–Kier alpha value is -1.89. The van der Waals surface area contributed by atoms with Crippen LogP contribution in [0.15, 0.2) is 24.3 Å². The van der Waals surface area contributed by atoms with Crippen molar-refractivity contribution in [1.29, 1.82) is 0 Å². The van der Waals surface area contributed by atoms with E-state index in [4.69, 9.17) is 4.98 Å². The van der Waals surface area contributed by atoms with Crippen molar-refractivity contribution < 1.29 is 4.79 Å². The molecular weight excluding hydrogens is 406 g/mol. The van der Waals surface area contributed by atoms with Gasteiger partial charge >= 0.3 is 0 Å². The smallest absolute Gasteiger partial charge is 0.233 e. The Morgan fingerprint density at radius 1 is 1.19 bits per heavy atom. The molecule has 6 nitrogen and oxygen atoms in total. The van der Waals surface area contributed by atoms with Crippen LogP contribution in [0, 0.1) is 0 Å². The molecule has 0 saturated heterocycles. The molecule has 0 bridgehead atoms. The minimum atomic E-state index is -0.0937. The van der Waals surface area contributed by atoms with E-state index < -0.39 is 0 Å². The van der Waals surface area contributed by atoms with Crippen LogP contribution in [0.25, 0.3) is 10.9 Å². The monoisotopic (exact) mass is 433 g/mol. The van der Waals surface area contributed by atoms with Gasteiger partial charge in [0.2, 0.25) is 11.9 Å². The zero-order valence-electron chi connectivity index (χ0n) is 16.2. The number of benzene rings is 1. The summed E-state index contributed by atoms with van der Waals surface area (Å²) in [4.78, 5) is 23.4. The van der Waals surface area contributed by atoms with Crippen LogP contribution in [0.1, 0.15) is 39.0 Å². The minimum absolute atomic E-state index is 0.0937. The van der Waals surface area contributed by atoms with Crippen LogP contribution in [-0.4, -0.2) is 46.9 Å². The van der Waals surface area contributed by atoms with Gasteiger partial charge in [0.05, 0.1) is 10.3 Å². The van der Waals surface area contributed by atoms with Crippen molar-refractivity contribution in [3.05, 3.63) is 24.3 Å². The van der Waals surface area contributed by atoms with Crippen molar-refractivity contribution in [2.24, 2.45) is 0 Å². The molecule has 0 spiro atoms. The second kappa shape index (κ2) is 8.87. The summed E-state index contributed by atoms with van der Waals surface area (Å²) in [7, 11) is 4.00. The third-order valence-electron chi connectivity index (χ3n) is 5.06. The number of hydrogen-bond donors (Lipinski definition) is 2. The Morgan fingerprint density at radius 3 is 2.52 bits per heavy atom. The number of carbonyl (C=O) groups excluding carboxylic acids is 1. The van der Waals surface area contributed by atoms with E-state index in [9.17, 15) is 4.79 Å². The van der Waals surface area contributed by atoms with Crippen LogP contribution in [0.5, 0.6) is 0 Å². The number of halogens is 1. The SMILES string of the molecule is CCC(Br)C(=O)N[C@H]1CC[C@@H](Nc2nc(N(C)C)c3ccccc3n2)CC1. The van der Waals surface area contributed by atoms with E-state index >= 15 is 0 Å². The molecule has 27 heavy (non-hydrogen) atoms. The quantitative estimate of drug-likeness (QED) is 0.679. The van der Waals surface area contributed by atoms with Crippen molar-refractivity contribution in [2.45, 2.75) is 55.9 Å². The zero-order valence-corrected chi connectivity index (χ0v) is 17.8. The number of nitrogens with zero attached hydrogens (tertiary/aromatic N) is 3. The fraction of sp³-hybridized carbons (Fsp3) is 0.550. The van der Waals surface area contributed by atoms with E-state index in [0.29, 0.717) is 12.0 Å². The molecule has 1 unspecified atom stereocenters. The predicted molar refractivity (Wildman–Crippen MR) is 115 cm³/mol. The summed E-state index contributed by atoms with van der Waals surface area (Å²) in [6, 6.07) is 8.68. The highest BCUT2D eigenvalue weighted by molar-refractivity contribution is 9.10. The van der Waals surface area contributed by atoms with Gasteiger partial charge < -0.3 is 15.5 Å². The molecule has 2 N–H and O–H groups in total. The molecule has 7 heteroatoms. The van der Waals surface area contributed by atoms with E-state index in [1.807, 2.05) is 44.1 Å². The van der Waals surface area contributed by atoms with Crippen LogP contribution in [-0.2, 0) is 4.79 Å². The first kappa shape index (κ1) is 19.9. The van der Waals surface area contributed by atoms with E-state index in [1.54, 1.807) is 0 Å². The van der Waals surface area contributed by atoms with Crippen LogP contribution >= 0.6 is 15.9 Å². The first-order valence-corrected chi connectivity index (χ1v) is 10.5. The standard InChI is InChI=1S/C20H28BrN5O/c1-4-16(21)19(27)22-13-9-11-14(12-10-13)23-20-24-17-8-6-5-7-15(17)18(25-20)26(2)3/h5-8,13-14,16H,4,9-12H2,1-3H3,(H,22,27)(H,23,24,25)/t13-,14+,16?. The minimum Gasteiger partial charge on any atom is -0.362 e. The second-order valence-corrected chi connectivity index (χ2v) is 8.46. The molecule has 0 radical (unpaired) electrons. The Labute approximate surface area is 169 Å². The van der Waals surface area contributed by atoms with E-state index in [1.165, 1.54) is 0 Å². The number of nitrogens with one attached hydrogen (secondary N) is 2. The highest BCUT2D eigenvalue weighted by Crippen LogP contribution is 2.26. The molecule has 1 saturated carbocycles. The number of amides is 1. The first-order chi connectivity index (χ1) is 13.0. The van der Waals surface area contributed by atoms with Gasteiger partial charge in [0.25, 0.3) is 0 Å². The summed E-state index contributed by atoms with van der Waals surface area (Å²) in [5.74, 6) is 1.70. The van der Waals surface area contributed by atoms with Gasteiger partial charge in [-0.05, 0) is 44.2 Å². The summed E-state index contributed by atoms with van der Waals surface area (Å²) < 4.78 is 0. The van der Waals surface area contributed by atoms with Crippen LogP contribution < -0.4 is 15.5 Å². The third kappa shape index (κ3) is 4.89. The van der Waals surface area contributed by atoms with Crippen molar-refractivity contribution in [1.82, 2.24) is 15.3 Å². The lowest BCUT2D eigenvalue weighted by molar-refractivity contribution is -0.121. The largest absolute Gasteiger partial charge is 0.362 e. The van der Waals surface area contributed by atoms with E-state index in [-0.39, 0.29) is 16.8 Å². The van der Waals surface area contributed by atoms with Gasteiger partial charge in [-0.25, -0.2) is 4.98 Å². The molecule has 1 heterocycles. The summed E-state index contributed by atoms with van der Waals surface area (Å²) in [6.07, 6.45) is 4.74. The highest BCUT2D eigenvalue weighted by Gasteiger charge is 2.24. The molecule has 0 aliphatic heterocycles. The molecular formula is C20H28BrN5O. The second-order valence-electron chi connectivity index (χ2n) is 7.36. The van der Waals surface area contributed by atoms with Gasteiger partial charge in [-0.2, -0.15) is 4.98 Å². The van der Waals surface area contributed by atoms with Gasteiger partial charge in [-0.15, -0.1) is 0 Å². The van der Waals surface area contributed by atoms with E-state index in [0.717, 1.165) is 48.8 Å². The number of alkyl halides is 1. The average molecular weight is 434 g/mol. The highest BCUT2D eigenvalue weighted by atomic mass is 79.9. The van der Waals surface area contributed by atoms with Gasteiger partial charge in [0.1, 0.15) is 5.82 Å². The van der Waals surface area contributed by atoms with Crippen molar-refractivity contribution in [3.8, 4) is 0 Å². The lowest BCUT2D eigenvalue weighted by Crippen LogP contribution is -2.43. The first-order valence-electron chi connectivity index (χ1n) is 9.63. The molecule has 1 atom stereocenters. The van der Waals surface area contributed by atoms with Gasteiger partial charge in [-0.3, -0.25) is 4.79 Å². The van der Waals surface area contributed by atoms with Crippen molar-refractivity contribution in [3.63, 3.8) is 0 Å². The lowest BCUT2D eigenvalue weighted by Gasteiger charge is -2.30. The molecule has 3 rings (SSSR count). The van der Waals surface area contributed by atoms with Crippen LogP contribution in [0.2, 0.25) is 0 Å². The topological polar surface area (TPSA) is 70.2 Å². The molecule has 1 aliphatic carbocycles. The number of para-hydroxylation sites is 1. The summed E-state index contributed by atoms with van der Waals surface area (Å²) in [5, 5.41) is 7.71. The molecule has 2 aromatic rings. The summed E-state index contributed by atoms with van der Waals surface area (Å²) >= 11 is 3.42. The lowest BCUT2D eigenvalue weighted by atomic mass is 9.91. The molecule has 1 amide bonds. The Morgan fingerprint density at radius 2 is 1.85 bits per heavy atom. The number of fused-ring (bicyclic) bond motifs is 1. The van der Waals surface area contributed by atoms with Gasteiger partial charge in [-0.1, -0.05) is 35.0 Å². The zero-order chi connectivity index (χ0) is 19.4. The maximum Gasteiger partial charge on any atom is 0.233 e. The summed E-state index contributed by atoms with van der Waals surface area (Å²) in [6.45, 7) is 2.01. The molecule has 1 aromatic heterocycles. The number of anilines is 2. The number of carbonyl (C=O) groups is 1. The number of hydrogen-bond acceptors (Lipinski definition) is 5. The predicted octanol–water partition coefficient (Wildman–Crippen LogP) is 3.71. The maximum absolute atomic E-state index is 12.0. The Balaban J connectivity index is 1.63. The van der Waals surface area contributed by atoms with Crippen molar-refractivity contribution in [2.75, 3.05) is 24.3 Å². The van der Waals surface area contributed by atoms with Crippen molar-refractivity contribution >= 4 is 44.5 Å². The van der Waals surface area contributed by atoms with Crippen LogP contribution in [0.4, 0.5) is 11.8 Å². The third-order valence-corrected chi connectivity index (χ3v) is 6.12. The van der Waals surface area contributed by atoms with Gasteiger partial charge in [0.15, 0.2) is 0 Å². The number of rotatable bonds is 6. The number of aromatic nitrogens is 2.